The highest BCUT2D eigenvalue weighted by molar-refractivity contribution is 5.78. The lowest BCUT2D eigenvalue weighted by Gasteiger charge is -2.22. The molecule has 0 aliphatic rings. The Morgan fingerprint density at radius 2 is 1.53 bits per heavy atom. The van der Waals surface area contributed by atoms with Gasteiger partial charge in [0.05, 0.1) is 0 Å². The lowest BCUT2D eigenvalue weighted by molar-refractivity contribution is -0.661. The SMILES string of the molecule is Cc1ccc(-c2cccc(-c3cc(CC(C)(C)C)c(C(C)C)c[n+]3C)c2C)c(C)c1. The molecule has 0 fully saturated rings. The highest BCUT2D eigenvalue weighted by Crippen LogP contribution is 2.34. The van der Waals surface area contributed by atoms with Crippen LogP contribution in [0.2, 0.25) is 0 Å². The van der Waals surface area contributed by atoms with Gasteiger partial charge in [-0.3, -0.25) is 0 Å². The second-order valence-corrected chi connectivity index (χ2v) is 10.4. The molecule has 3 aromatic rings. The fourth-order valence-corrected chi connectivity index (χ4v) is 4.54. The Hall–Kier alpha value is -2.41. The van der Waals surface area contributed by atoms with Crippen molar-refractivity contribution in [2.75, 3.05) is 0 Å². The van der Waals surface area contributed by atoms with E-state index in [-0.39, 0.29) is 5.41 Å². The molecule has 1 heteroatoms. The van der Waals surface area contributed by atoms with E-state index in [0.717, 1.165) is 6.42 Å². The minimum atomic E-state index is 0.261. The molecule has 158 valence electrons. The smallest absolute Gasteiger partial charge is 0.201 e. The van der Waals surface area contributed by atoms with Crippen molar-refractivity contribution >= 4 is 0 Å². The van der Waals surface area contributed by atoms with Gasteiger partial charge in [-0.05, 0) is 72.4 Å². The lowest BCUT2D eigenvalue weighted by Crippen LogP contribution is -2.33. The van der Waals surface area contributed by atoms with Crippen LogP contribution in [-0.4, -0.2) is 0 Å². The van der Waals surface area contributed by atoms with Crippen molar-refractivity contribution in [1.29, 1.82) is 0 Å². The van der Waals surface area contributed by atoms with Crippen LogP contribution in [0.4, 0.5) is 0 Å². The minimum absolute atomic E-state index is 0.261. The molecule has 0 saturated carbocycles. The topological polar surface area (TPSA) is 3.88 Å². The van der Waals surface area contributed by atoms with Crippen LogP contribution in [0.15, 0.2) is 48.7 Å². The summed E-state index contributed by atoms with van der Waals surface area (Å²) in [7, 11) is 2.19. The first-order chi connectivity index (χ1) is 14.0. The van der Waals surface area contributed by atoms with Gasteiger partial charge >= 0.3 is 0 Å². The van der Waals surface area contributed by atoms with E-state index in [0.29, 0.717) is 5.92 Å². The van der Waals surface area contributed by atoms with Gasteiger partial charge < -0.3 is 0 Å². The molecule has 30 heavy (non-hydrogen) atoms. The molecule has 2 aromatic carbocycles. The van der Waals surface area contributed by atoms with Crippen LogP contribution in [0, 0.1) is 26.2 Å². The first-order valence-corrected chi connectivity index (χ1v) is 11.2. The lowest BCUT2D eigenvalue weighted by atomic mass is 9.83. The van der Waals surface area contributed by atoms with E-state index in [9.17, 15) is 0 Å². The van der Waals surface area contributed by atoms with Crippen molar-refractivity contribution in [2.45, 2.75) is 67.7 Å². The molecule has 0 saturated heterocycles. The predicted octanol–water partition coefficient (Wildman–Crippen LogP) is 7.48. The number of benzene rings is 2. The van der Waals surface area contributed by atoms with E-state index in [2.05, 4.69) is 116 Å². The van der Waals surface area contributed by atoms with Crippen LogP contribution >= 0.6 is 0 Å². The molecule has 0 amide bonds. The van der Waals surface area contributed by atoms with Crippen molar-refractivity contribution in [2.24, 2.45) is 12.5 Å². The van der Waals surface area contributed by atoms with Crippen LogP contribution < -0.4 is 4.57 Å². The molecule has 1 heterocycles. The van der Waals surface area contributed by atoms with Gasteiger partial charge in [-0.2, -0.15) is 0 Å². The number of aryl methyl sites for hydroxylation is 3. The number of pyridine rings is 1. The summed E-state index contributed by atoms with van der Waals surface area (Å²) in [6, 6.07) is 15.9. The van der Waals surface area contributed by atoms with Crippen LogP contribution in [0.5, 0.6) is 0 Å². The van der Waals surface area contributed by atoms with Crippen LogP contribution in [-0.2, 0) is 13.5 Å². The van der Waals surface area contributed by atoms with Crippen molar-refractivity contribution in [3.05, 3.63) is 76.5 Å². The van der Waals surface area contributed by atoms with Gasteiger partial charge in [0.25, 0.3) is 0 Å². The van der Waals surface area contributed by atoms with Crippen molar-refractivity contribution in [3.8, 4) is 22.4 Å². The zero-order chi connectivity index (χ0) is 22.2. The molecule has 1 aromatic heterocycles. The van der Waals surface area contributed by atoms with Gasteiger partial charge in [-0.1, -0.05) is 70.5 Å². The summed E-state index contributed by atoms with van der Waals surface area (Å²) in [5, 5.41) is 0. The summed E-state index contributed by atoms with van der Waals surface area (Å²) >= 11 is 0. The largest absolute Gasteiger partial charge is 0.212 e. The van der Waals surface area contributed by atoms with Crippen molar-refractivity contribution in [1.82, 2.24) is 0 Å². The summed E-state index contributed by atoms with van der Waals surface area (Å²) in [4.78, 5) is 0. The molecule has 0 N–H and O–H groups in total. The maximum atomic E-state index is 2.44. The van der Waals surface area contributed by atoms with E-state index in [1.54, 1.807) is 0 Å². The Morgan fingerprint density at radius 1 is 0.867 bits per heavy atom. The van der Waals surface area contributed by atoms with Gasteiger partial charge in [0.1, 0.15) is 7.05 Å². The van der Waals surface area contributed by atoms with Gasteiger partial charge in [0, 0.05) is 17.2 Å². The van der Waals surface area contributed by atoms with E-state index in [1.807, 2.05) is 0 Å². The fourth-order valence-electron chi connectivity index (χ4n) is 4.54. The zero-order valence-corrected chi connectivity index (χ0v) is 20.4. The standard InChI is InChI=1S/C29H38N/c1-19(2)27-18-30(9)28(16-23(27)17-29(6,7)8)26-12-10-11-25(22(26)5)24-14-13-20(3)15-21(24)4/h10-16,18-19H,17H2,1-9H3/q+1. The predicted molar refractivity (Wildman–Crippen MR) is 130 cm³/mol. The van der Waals surface area contributed by atoms with Gasteiger partial charge in [0.2, 0.25) is 5.69 Å². The molecule has 0 bridgehead atoms. The average molecular weight is 401 g/mol. The quantitative estimate of drug-likeness (QED) is 0.400. The first-order valence-electron chi connectivity index (χ1n) is 11.2. The number of aromatic nitrogens is 1. The number of hydrogen-bond donors (Lipinski definition) is 0. The fraction of sp³-hybridized carbons (Fsp3) is 0.414. The highest BCUT2D eigenvalue weighted by atomic mass is 14.9. The number of nitrogens with zero attached hydrogens (tertiary/aromatic N) is 1. The Labute approximate surface area is 183 Å². The van der Waals surface area contributed by atoms with Crippen molar-refractivity contribution < 1.29 is 4.57 Å². The molecule has 1 nitrogen and oxygen atoms in total. The van der Waals surface area contributed by atoms with Crippen LogP contribution in [0.1, 0.15) is 68.4 Å². The molecule has 0 atom stereocenters. The van der Waals surface area contributed by atoms with Crippen molar-refractivity contribution in [3.63, 3.8) is 0 Å². The first kappa shape index (κ1) is 22.3. The maximum Gasteiger partial charge on any atom is 0.212 e. The van der Waals surface area contributed by atoms with Crippen LogP contribution in [0.3, 0.4) is 0 Å². The average Bonchev–Trinajstić information content (AvgIpc) is 2.62. The maximum absolute atomic E-state index is 2.44. The van der Waals surface area contributed by atoms with Gasteiger partial charge in [-0.15, -0.1) is 0 Å². The second kappa shape index (κ2) is 8.38. The molecular formula is C29H38N+. The summed E-state index contributed by atoms with van der Waals surface area (Å²) < 4.78 is 2.32. The van der Waals surface area contributed by atoms with E-state index < -0.39 is 0 Å². The summed E-state index contributed by atoms with van der Waals surface area (Å²) in [5.41, 5.74) is 12.5. The van der Waals surface area contributed by atoms with Crippen LogP contribution in [0.25, 0.3) is 22.4 Å². The summed E-state index contributed by atoms with van der Waals surface area (Å²) in [5.74, 6) is 0.519. The van der Waals surface area contributed by atoms with E-state index >= 15 is 0 Å². The Balaban J connectivity index is 2.20. The molecule has 0 spiro atoms. The molecule has 0 aliphatic heterocycles. The third-order valence-electron chi connectivity index (χ3n) is 6.02. The van der Waals surface area contributed by atoms with E-state index in [4.69, 9.17) is 0 Å². The monoisotopic (exact) mass is 400 g/mol. The molecule has 0 unspecified atom stereocenters. The zero-order valence-electron chi connectivity index (χ0n) is 20.4. The number of rotatable bonds is 4. The normalized spacial score (nSPS) is 11.9. The summed E-state index contributed by atoms with van der Waals surface area (Å²) in [6.07, 6.45) is 3.44. The molecular weight excluding hydrogens is 362 g/mol. The Kier molecular flexibility index (Phi) is 6.22. The van der Waals surface area contributed by atoms with Gasteiger partial charge in [0.15, 0.2) is 6.20 Å². The second-order valence-electron chi connectivity index (χ2n) is 10.4. The van der Waals surface area contributed by atoms with Gasteiger partial charge in [-0.25, -0.2) is 4.57 Å². The minimum Gasteiger partial charge on any atom is -0.201 e. The third-order valence-corrected chi connectivity index (χ3v) is 6.02. The molecule has 3 rings (SSSR count). The Bertz CT molecular complexity index is 1060. The molecule has 0 radical (unpaired) electrons. The highest BCUT2D eigenvalue weighted by Gasteiger charge is 2.23. The van der Waals surface area contributed by atoms with E-state index in [1.165, 1.54) is 50.2 Å². The molecule has 0 aliphatic carbocycles. The third kappa shape index (κ3) is 4.67. The number of hydrogen-bond acceptors (Lipinski definition) is 0. The Morgan fingerprint density at radius 3 is 2.13 bits per heavy atom. The summed E-state index contributed by atoms with van der Waals surface area (Å²) in [6.45, 7) is 18.2.